The lowest BCUT2D eigenvalue weighted by molar-refractivity contribution is 0.397. The van der Waals surface area contributed by atoms with Crippen molar-refractivity contribution in [3.05, 3.63) is 41.0 Å². The van der Waals surface area contributed by atoms with Crippen LogP contribution in [0.25, 0.3) is 10.8 Å². The van der Waals surface area contributed by atoms with Crippen molar-refractivity contribution in [2.75, 3.05) is 0 Å². The Balaban J connectivity index is 2.89. The van der Waals surface area contributed by atoms with Crippen LogP contribution in [0.1, 0.15) is 41.5 Å². The molecule has 0 unspecified atom stereocenters. The van der Waals surface area contributed by atoms with Crippen LogP contribution in [0.2, 0.25) is 16.6 Å². The highest BCUT2D eigenvalue weighted by Crippen LogP contribution is 2.45. The van der Waals surface area contributed by atoms with Crippen molar-refractivity contribution in [3.63, 3.8) is 0 Å². The molecule has 0 amide bonds. The molecule has 27 heavy (non-hydrogen) atoms. The van der Waals surface area contributed by atoms with Gasteiger partial charge in [0, 0.05) is 6.07 Å². The molecule has 0 aliphatic carbocycles. The molecule has 0 heterocycles. The average Bonchev–Trinajstić information content (AvgIpc) is 2.55. The zero-order chi connectivity index (χ0) is 20.8. The van der Waals surface area contributed by atoms with Crippen LogP contribution in [0.3, 0.4) is 0 Å². The highest BCUT2D eigenvalue weighted by atomic mass is 28.4. The molecule has 0 aliphatic rings. The third kappa shape index (κ3) is 3.21. The molecule has 0 N–H and O–H groups in total. The van der Waals surface area contributed by atoms with Gasteiger partial charge >= 0.3 is 0 Å². The smallest absolute Gasteiger partial charge is 0.259 e. The van der Waals surface area contributed by atoms with Crippen LogP contribution in [0.4, 0.5) is 26.3 Å². The summed E-state index contributed by atoms with van der Waals surface area (Å²) in [6.07, 6.45) is 0. The Hall–Kier alpha value is -1.70. The molecule has 150 valence electrons. The fourth-order valence-corrected chi connectivity index (χ4v) is 9.30. The molecule has 0 aliphatic heterocycles. The number of hydrogen-bond acceptors (Lipinski definition) is 1. The second-order valence-electron chi connectivity index (χ2n) is 7.59. The lowest BCUT2D eigenvalue weighted by atomic mass is 10.1. The molecule has 2 aromatic rings. The number of hydrogen-bond donors (Lipinski definition) is 0. The normalized spacial score (nSPS) is 12.7. The van der Waals surface area contributed by atoms with E-state index in [1.807, 2.05) is 41.5 Å². The van der Waals surface area contributed by atoms with Crippen molar-refractivity contribution in [3.8, 4) is 5.75 Å². The second kappa shape index (κ2) is 7.37. The van der Waals surface area contributed by atoms with Gasteiger partial charge in [0.25, 0.3) is 8.32 Å². The van der Waals surface area contributed by atoms with Crippen LogP contribution in [-0.2, 0) is 0 Å². The van der Waals surface area contributed by atoms with Gasteiger partial charge in [0.05, 0.1) is 10.8 Å². The number of rotatable bonds is 5. The average molecular weight is 408 g/mol. The van der Waals surface area contributed by atoms with E-state index < -0.39 is 59.7 Å². The van der Waals surface area contributed by atoms with Crippen molar-refractivity contribution < 1.29 is 30.8 Å². The molecule has 2 aromatic carbocycles. The summed E-state index contributed by atoms with van der Waals surface area (Å²) in [6.45, 7) is 11.0. The van der Waals surface area contributed by atoms with Crippen LogP contribution in [0, 0.1) is 34.9 Å². The summed E-state index contributed by atoms with van der Waals surface area (Å²) in [5, 5.41) is -2.57. The Morgan fingerprint density at radius 1 is 0.630 bits per heavy atom. The minimum absolute atomic E-state index is 0.0511. The van der Waals surface area contributed by atoms with E-state index in [9.17, 15) is 26.3 Å². The first-order valence-corrected chi connectivity index (χ1v) is 10.8. The van der Waals surface area contributed by atoms with Crippen LogP contribution in [0.15, 0.2) is 6.07 Å². The highest BCUT2D eigenvalue weighted by Gasteiger charge is 2.48. The summed E-state index contributed by atoms with van der Waals surface area (Å²) in [4.78, 5) is 0. The molecule has 0 saturated carbocycles. The molecule has 0 saturated heterocycles. The minimum Gasteiger partial charge on any atom is -0.539 e. The largest absolute Gasteiger partial charge is 0.539 e. The van der Waals surface area contributed by atoms with E-state index in [-0.39, 0.29) is 22.7 Å². The molecular formula is C19H22F6OSi. The van der Waals surface area contributed by atoms with E-state index in [0.717, 1.165) is 0 Å². The monoisotopic (exact) mass is 408 g/mol. The van der Waals surface area contributed by atoms with Crippen LogP contribution >= 0.6 is 0 Å². The fourth-order valence-electron chi connectivity index (χ4n) is 4.06. The van der Waals surface area contributed by atoms with E-state index in [0.29, 0.717) is 0 Å². The van der Waals surface area contributed by atoms with Crippen molar-refractivity contribution in [2.24, 2.45) is 0 Å². The maximum atomic E-state index is 15.0. The Bertz CT molecular complexity index is 857. The standard InChI is InChI=1S/C19H22F6OSi/c1-8(2)27(9(3)4,10(5)6)26-19-17(24)14-13(16(23)18(19)25)11(20)7-12(21)15(14)22/h7-10H,1-6H3. The van der Waals surface area contributed by atoms with E-state index in [1.54, 1.807) is 0 Å². The molecule has 0 radical (unpaired) electrons. The van der Waals surface area contributed by atoms with Crippen molar-refractivity contribution in [1.29, 1.82) is 0 Å². The summed E-state index contributed by atoms with van der Waals surface area (Å²) in [7, 11) is -2.94. The maximum absolute atomic E-state index is 15.0. The van der Waals surface area contributed by atoms with Gasteiger partial charge in [-0.3, -0.25) is 0 Å². The van der Waals surface area contributed by atoms with Crippen LogP contribution < -0.4 is 4.43 Å². The quantitative estimate of drug-likeness (QED) is 0.288. The first-order valence-electron chi connectivity index (χ1n) is 8.70. The van der Waals surface area contributed by atoms with E-state index in [4.69, 9.17) is 4.43 Å². The van der Waals surface area contributed by atoms with Crippen molar-refractivity contribution >= 4 is 19.1 Å². The molecule has 0 bridgehead atoms. The third-order valence-corrected chi connectivity index (χ3v) is 11.2. The number of benzene rings is 2. The van der Waals surface area contributed by atoms with Crippen LogP contribution in [0.5, 0.6) is 5.75 Å². The molecule has 1 nitrogen and oxygen atoms in total. The molecule has 0 atom stereocenters. The molecule has 2 rings (SSSR count). The number of fused-ring (bicyclic) bond motifs is 1. The predicted octanol–water partition coefficient (Wildman–Crippen LogP) is 7.23. The van der Waals surface area contributed by atoms with Gasteiger partial charge in [-0.15, -0.1) is 0 Å². The minimum atomic E-state index is -2.94. The van der Waals surface area contributed by atoms with Gasteiger partial charge in [0.1, 0.15) is 5.82 Å². The topological polar surface area (TPSA) is 9.23 Å². The molecule has 8 heteroatoms. The first kappa shape index (κ1) is 21.6. The van der Waals surface area contributed by atoms with Crippen LogP contribution in [-0.4, -0.2) is 8.32 Å². The van der Waals surface area contributed by atoms with Gasteiger partial charge in [0.2, 0.25) is 5.82 Å². The van der Waals surface area contributed by atoms with E-state index >= 15 is 0 Å². The lowest BCUT2D eigenvalue weighted by Crippen LogP contribution is -2.51. The van der Waals surface area contributed by atoms with Gasteiger partial charge in [-0.2, -0.15) is 4.39 Å². The Morgan fingerprint density at radius 3 is 1.56 bits per heavy atom. The van der Waals surface area contributed by atoms with Gasteiger partial charge in [-0.25, -0.2) is 22.0 Å². The van der Waals surface area contributed by atoms with Crippen molar-refractivity contribution in [2.45, 2.75) is 58.2 Å². The molecule has 0 aromatic heterocycles. The van der Waals surface area contributed by atoms with E-state index in [2.05, 4.69) is 0 Å². The molecular weight excluding hydrogens is 386 g/mol. The Morgan fingerprint density at radius 2 is 1.11 bits per heavy atom. The highest BCUT2D eigenvalue weighted by molar-refractivity contribution is 6.78. The van der Waals surface area contributed by atoms with Crippen molar-refractivity contribution in [1.82, 2.24) is 0 Å². The van der Waals surface area contributed by atoms with E-state index in [1.165, 1.54) is 0 Å². The predicted molar refractivity (Wildman–Crippen MR) is 95.4 cm³/mol. The zero-order valence-electron chi connectivity index (χ0n) is 16.0. The Kier molecular flexibility index (Phi) is 5.90. The van der Waals surface area contributed by atoms with Gasteiger partial charge in [-0.1, -0.05) is 41.5 Å². The summed E-state index contributed by atoms with van der Waals surface area (Å²) in [6, 6.07) is 0.0511. The van der Waals surface area contributed by atoms with Gasteiger partial charge in [-0.05, 0) is 16.6 Å². The lowest BCUT2D eigenvalue weighted by Gasteiger charge is -2.42. The maximum Gasteiger partial charge on any atom is 0.259 e. The number of halogens is 6. The van der Waals surface area contributed by atoms with Gasteiger partial charge in [0.15, 0.2) is 29.0 Å². The molecule has 0 fully saturated rings. The third-order valence-electron chi connectivity index (χ3n) is 5.19. The van der Waals surface area contributed by atoms with Gasteiger partial charge < -0.3 is 4.43 Å². The summed E-state index contributed by atoms with van der Waals surface area (Å²) in [5.74, 6) is -11.4. The SMILES string of the molecule is CC(C)[Si](Oc1c(F)c(F)c2c(F)cc(F)c(F)c2c1F)(C(C)C)C(C)C. The Labute approximate surface area is 155 Å². The second-order valence-corrected chi connectivity index (χ2v) is 13.0. The summed E-state index contributed by atoms with van der Waals surface area (Å²) < 4.78 is 91.4. The molecule has 0 spiro atoms. The first-order chi connectivity index (χ1) is 12.4. The zero-order valence-corrected chi connectivity index (χ0v) is 17.0. The summed E-state index contributed by atoms with van der Waals surface area (Å²) >= 11 is 0. The fraction of sp³-hybridized carbons (Fsp3) is 0.474. The summed E-state index contributed by atoms with van der Waals surface area (Å²) in [5.41, 5.74) is -0.363.